The van der Waals surface area contributed by atoms with E-state index in [1.54, 1.807) is 0 Å². The van der Waals surface area contributed by atoms with Crippen molar-refractivity contribution in [3.63, 3.8) is 0 Å². The second-order valence-electron chi connectivity index (χ2n) is 4.16. The van der Waals surface area contributed by atoms with Crippen LogP contribution in [0.25, 0.3) is 0 Å². The molecule has 0 bridgehead atoms. The number of hydrogen-bond donors (Lipinski definition) is 1. The average molecular weight is 254 g/mol. The van der Waals surface area contributed by atoms with Gasteiger partial charge in [-0.05, 0) is 36.9 Å². The summed E-state index contributed by atoms with van der Waals surface area (Å²) in [6, 6.07) is 9.05. The van der Waals surface area contributed by atoms with Crippen molar-refractivity contribution < 1.29 is 0 Å². The SMILES string of the molecule is CC1CCC(c2ccccc2Br)NC1. The van der Waals surface area contributed by atoms with Crippen molar-refractivity contribution in [1.29, 1.82) is 0 Å². The Morgan fingerprint density at radius 2 is 2.07 bits per heavy atom. The summed E-state index contributed by atoms with van der Waals surface area (Å²) in [5.41, 5.74) is 1.40. The van der Waals surface area contributed by atoms with Crippen LogP contribution in [0.1, 0.15) is 31.4 Å². The van der Waals surface area contributed by atoms with Gasteiger partial charge in [0.15, 0.2) is 0 Å². The number of hydrogen-bond acceptors (Lipinski definition) is 1. The second kappa shape index (κ2) is 4.45. The third-order valence-corrected chi connectivity index (χ3v) is 3.66. The van der Waals surface area contributed by atoms with Crippen molar-refractivity contribution in [3.05, 3.63) is 34.3 Å². The quantitative estimate of drug-likeness (QED) is 0.808. The first-order valence-electron chi connectivity index (χ1n) is 5.25. The smallest absolute Gasteiger partial charge is 0.0331 e. The zero-order valence-electron chi connectivity index (χ0n) is 8.46. The molecule has 0 spiro atoms. The van der Waals surface area contributed by atoms with Gasteiger partial charge in [0, 0.05) is 10.5 Å². The van der Waals surface area contributed by atoms with Gasteiger partial charge in [-0.2, -0.15) is 0 Å². The van der Waals surface area contributed by atoms with E-state index in [1.165, 1.54) is 22.9 Å². The van der Waals surface area contributed by atoms with Crippen LogP contribution in [0.5, 0.6) is 0 Å². The Hall–Kier alpha value is -0.340. The number of halogens is 1. The molecule has 1 saturated heterocycles. The van der Waals surface area contributed by atoms with Crippen molar-refractivity contribution in [2.75, 3.05) is 6.54 Å². The Morgan fingerprint density at radius 1 is 1.29 bits per heavy atom. The van der Waals surface area contributed by atoms with Crippen LogP contribution in [0.15, 0.2) is 28.7 Å². The van der Waals surface area contributed by atoms with E-state index >= 15 is 0 Å². The van der Waals surface area contributed by atoms with Gasteiger partial charge in [0.05, 0.1) is 0 Å². The highest BCUT2D eigenvalue weighted by molar-refractivity contribution is 9.10. The lowest BCUT2D eigenvalue weighted by Gasteiger charge is -2.28. The predicted molar refractivity (Wildman–Crippen MR) is 63.3 cm³/mol. The topological polar surface area (TPSA) is 12.0 Å². The Kier molecular flexibility index (Phi) is 3.24. The molecule has 14 heavy (non-hydrogen) atoms. The molecule has 0 aromatic heterocycles. The molecule has 0 aliphatic carbocycles. The third-order valence-electron chi connectivity index (χ3n) is 2.94. The summed E-state index contributed by atoms with van der Waals surface area (Å²) < 4.78 is 1.23. The van der Waals surface area contributed by atoms with Crippen molar-refractivity contribution >= 4 is 15.9 Å². The lowest BCUT2D eigenvalue weighted by molar-refractivity contribution is 0.332. The summed E-state index contributed by atoms with van der Waals surface area (Å²) in [4.78, 5) is 0. The third kappa shape index (κ3) is 2.18. The highest BCUT2D eigenvalue weighted by Gasteiger charge is 2.19. The molecule has 2 unspecified atom stereocenters. The molecule has 0 saturated carbocycles. The van der Waals surface area contributed by atoms with Gasteiger partial charge in [-0.25, -0.2) is 0 Å². The van der Waals surface area contributed by atoms with Gasteiger partial charge in [-0.15, -0.1) is 0 Å². The highest BCUT2D eigenvalue weighted by Crippen LogP contribution is 2.30. The first-order chi connectivity index (χ1) is 6.77. The fourth-order valence-corrected chi connectivity index (χ4v) is 2.58. The Bertz CT molecular complexity index is 303. The van der Waals surface area contributed by atoms with Gasteiger partial charge < -0.3 is 5.32 Å². The Labute approximate surface area is 94.0 Å². The van der Waals surface area contributed by atoms with Crippen molar-refractivity contribution in [3.8, 4) is 0 Å². The molecule has 1 aliphatic rings. The Balaban J connectivity index is 2.12. The van der Waals surface area contributed by atoms with Crippen molar-refractivity contribution in [1.82, 2.24) is 5.32 Å². The summed E-state index contributed by atoms with van der Waals surface area (Å²) in [7, 11) is 0. The first kappa shape index (κ1) is 10.2. The van der Waals surface area contributed by atoms with Crippen molar-refractivity contribution in [2.45, 2.75) is 25.8 Å². The molecule has 1 aromatic rings. The molecule has 2 atom stereocenters. The van der Waals surface area contributed by atoms with E-state index in [0.29, 0.717) is 6.04 Å². The normalized spacial score (nSPS) is 27.6. The fourth-order valence-electron chi connectivity index (χ4n) is 2.02. The largest absolute Gasteiger partial charge is 0.310 e. The predicted octanol–water partition coefficient (Wildman–Crippen LogP) is 3.51. The van der Waals surface area contributed by atoms with Crippen LogP contribution in [0.2, 0.25) is 0 Å². The first-order valence-corrected chi connectivity index (χ1v) is 6.04. The van der Waals surface area contributed by atoms with E-state index in [9.17, 15) is 0 Å². The molecule has 1 nitrogen and oxygen atoms in total. The lowest BCUT2D eigenvalue weighted by Crippen LogP contribution is -2.31. The van der Waals surface area contributed by atoms with Crippen LogP contribution in [0.4, 0.5) is 0 Å². The molecular weight excluding hydrogens is 238 g/mol. The van der Waals surface area contributed by atoms with Gasteiger partial charge in [-0.3, -0.25) is 0 Å². The molecular formula is C12H16BrN. The second-order valence-corrected chi connectivity index (χ2v) is 5.02. The van der Waals surface area contributed by atoms with Crippen LogP contribution in [-0.4, -0.2) is 6.54 Å². The molecule has 0 radical (unpaired) electrons. The number of piperidine rings is 1. The highest BCUT2D eigenvalue weighted by atomic mass is 79.9. The summed E-state index contributed by atoms with van der Waals surface area (Å²) in [5, 5.41) is 3.60. The van der Waals surface area contributed by atoms with Crippen LogP contribution in [-0.2, 0) is 0 Å². The van der Waals surface area contributed by atoms with Crippen LogP contribution in [0.3, 0.4) is 0 Å². The zero-order valence-corrected chi connectivity index (χ0v) is 10.0. The van der Waals surface area contributed by atoms with E-state index in [1.807, 2.05) is 0 Å². The fraction of sp³-hybridized carbons (Fsp3) is 0.500. The van der Waals surface area contributed by atoms with Crippen molar-refractivity contribution in [2.24, 2.45) is 5.92 Å². The summed E-state index contributed by atoms with van der Waals surface area (Å²) in [5.74, 6) is 0.828. The van der Waals surface area contributed by atoms with Gasteiger partial charge in [-0.1, -0.05) is 41.1 Å². The van der Waals surface area contributed by atoms with E-state index in [2.05, 4.69) is 52.4 Å². The molecule has 0 amide bonds. The molecule has 1 aliphatic heterocycles. The minimum Gasteiger partial charge on any atom is -0.310 e. The minimum absolute atomic E-state index is 0.543. The molecule has 2 rings (SSSR count). The van der Waals surface area contributed by atoms with Crippen LogP contribution >= 0.6 is 15.9 Å². The number of nitrogens with one attached hydrogen (secondary N) is 1. The van der Waals surface area contributed by atoms with Gasteiger partial charge in [0.25, 0.3) is 0 Å². The molecule has 1 fully saturated rings. The molecule has 1 heterocycles. The van der Waals surface area contributed by atoms with E-state index in [4.69, 9.17) is 0 Å². The molecule has 1 aromatic carbocycles. The van der Waals surface area contributed by atoms with Gasteiger partial charge in [0.2, 0.25) is 0 Å². The van der Waals surface area contributed by atoms with Gasteiger partial charge in [0.1, 0.15) is 0 Å². The minimum atomic E-state index is 0.543. The zero-order chi connectivity index (χ0) is 9.97. The maximum atomic E-state index is 3.61. The molecule has 2 heteroatoms. The van der Waals surface area contributed by atoms with Crippen LogP contribution in [0, 0.1) is 5.92 Å². The number of benzene rings is 1. The lowest BCUT2D eigenvalue weighted by atomic mass is 9.92. The summed E-state index contributed by atoms with van der Waals surface area (Å²) in [6.07, 6.45) is 2.59. The maximum Gasteiger partial charge on any atom is 0.0331 e. The molecule has 1 N–H and O–H groups in total. The summed E-state index contributed by atoms with van der Waals surface area (Å²) in [6.45, 7) is 3.45. The van der Waals surface area contributed by atoms with E-state index < -0.39 is 0 Å². The maximum absolute atomic E-state index is 3.61. The van der Waals surface area contributed by atoms with Gasteiger partial charge >= 0.3 is 0 Å². The standard InChI is InChI=1S/C12H16BrN/c1-9-6-7-12(14-8-9)10-4-2-3-5-11(10)13/h2-5,9,12,14H,6-8H2,1H3. The summed E-state index contributed by atoms with van der Waals surface area (Å²) >= 11 is 3.61. The number of rotatable bonds is 1. The Morgan fingerprint density at radius 3 is 2.71 bits per heavy atom. The van der Waals surface area contributed by atoms with Crippen LogP contribution < -0.4 is 5.32 Å². The van der Waals surface area contributed by atoms with E-state index in [-0.39, 0.29) is 0 Å². The molecule has 76 valence electrons. The average Bonchev–Trinajstić information content (AvgIpc) is 2.20. The van der Waals surface area contributed by atoms with E-state index in [0.717, 1.165) is 12.5 Å². The monoisotopic (exact) mass is 253 g/mol.